The monoisotopic (exact) mass is 441 g/mol. The van der Waals surface area contributed by atoms with Crippen LogP contribution < -0.4 is 14.8 Å². The maximum atomic E-state index is 12.5. The molecular formula is C24H24ClNO5. The molecule has 0 aliphatic carbocycles. The Bertz CT molecular complexity index is 1040. The fourth-order valence-corrected chi connectivity index (χ4v) is 3.66. The molecule has 3 aromatic rings. The SMILES string of the molecule is COc1cc(CNC(=O)c2ccc(-c3ccccc3Cl)o2)ccc1OCC1CCCO1. The standard InChI is InChI=1S/C24H24ClNO5/c1-28-23-13-16(8-9-21(23)30-15-17-5-4-12-29-17)14-26-24(27)22-11-10-20(31-22)18-6-2-3-7-19(18)25/h2-3,6-11,13,17H,4-5,12,14-15H2,1H3,(H,26,27). The van der Waals surface area contributed by atoms with Gasteiger partial charge in [-0.2, -0.15) is 0 Å². The predicted molar refractivity (Wildman–Crippen MR) is 118 cm³/mol. The van der Waals surface area contributed by atoms with Crippen LogP contribution in [0.4, 0.5) is 0 Å². The minimum Gasteiger partial charge on any atom is -0.493 e. The van der Waals surface area contributed by atoms with Crippen molar-refractivity contribution in [3.8, 4) is 22.8 Å². The van der Waals surface area contributed by atoms with Crippen LogP contribution in [-0.4, -0.2) is 32.3 Å². The van der Waals surface area contributed by atoms with Crippen molar-refractivity contribution in [3.05, 3.63) is 70.9 Å². The molecule has 0 radical (unpaired) electrons. The van der Waals surface area contributed by atoms with Gasteiger partial charge in [0.1, 0.15) is 12.4 Å². The molecule has 2 aromatic carbocycles. The second kappa shape index (κ2) is 9.90. The first-order valence-corrected chi connectivity index (χ1v) is 10.6. The number of carbonyl (C=O) groups is 1. The number of benzene rings is 2. The molecule has 4 rings (SSSR count). The highest BCUT2D eigenvalue weighted by Crippen LogP contribution is 2.30. The Labute approximate surface area is 186 Å². The highest BCUT2D eigenvalue weighted by molar-refractivity contribution is 6.33. The van der Waals surface area contributed by atoms with E-state index in [-0.39, 0.29) is 17.8 Å². The zero-order valence-corrected chi connectivity index (χ0v) is 18.0. The molecule has 0 saturated carbocycles. The molecule has 1 unspecified atom stereocenters. The molecule has 1 amide bonds. The van der Waals surface area contributed by atoms with Crippen LogP contribution >= 0.6 is 11.6 Å². The van der Waals surface area contributed by atoms with Gasteiger partial charge >= 0.3 is 0 Å². The largest absolute Gasteiger partial charge is 0.493 e. The van der Waals surface area contributed by atoms with Crippen molar-refractivity contribution in [1.29, 1.82) is 0 Å². The number of nitrogens with one attached hydrogen (secondary N) is 1. The van der Waals surface area contributed by atoms with Crippen LogP contribution in [0, 0.1) is 0 Å². The van der Waals surface area contributed by atoms with Crippen LogP contribution in [0.1, 0.15) is 29.0 Å². The number of amides is 1. The quantitative estimate of drug-likeness (QED) is 0.526. The summed E-state index contributed by atoms with van der Waals surface area (Å²) in [6.07, 6.45) is 2.21. The maximum absolute atomic E-state index is 12.5. The fraction of sp³-hybridized carbons (Fsp3) is 0.292. The Kier molecular flexibility index (Phi) is 6.79. The first-order chi connectivity index (χ1) is 15.1. The zero-order chi connectivity index (χ0) is 21.6. The van der Waals surface area contributed by atoms with Crippen LogP contribution in [0.3, 0.4) is 0 Å². The molecule has 1 N–H and O–H groups in total. The lowest BCUT2D eigenvalue weighted by Gasteiger charge is -2.15. The van der Waals surface area contributed by atoms with Gasteiger partial charge < -0.3 is 23.9 Å². The van der Waals surface area contributed by atoms with Crippen LogP contribution in [0.25, 0.3) is 11.3 Å². The lowest BCUT2D eigenvalue weighted by atomic mass is 10.2. The van der Waals surface area contributed by atoms with E-state index in [1.54, 1.807) is 25.3 Å². The van der Waals surface area contributed by atoms with Gasteiger partial charge in [0.15, 0.2) is 17.3 Å². The van der Waals surface area contributed by atoms with E-state index in [2.05, 4.69) is 5.32 Å². The minimum absolute atomic E-state index is 0.132. The van der Waals surface area contributed by atoms with Gasteiger partial charge in [-0.3, -0.25) is 4.79 Å². The first kappa shape index (κ1) is 21.3. The van der Waals surface area contributed by atoms with Gasteiger partial charge in [-0.15, -0.1) is 0 Å². The molecule has 0 spiro atoms. The van der Waals surface area contributed by atoms with Gasteiger partial charge in [-0.1, -0.05) is 29.8 Å². The summed E-state index contributed by atoms with van der Waals surface area (Å²) in [5, 5.41) is 3.43. The minimum atomic E-state index is -0.309. The van der Waals surface area contributed by atoms with E-state index in [0.717, 1.165) is 30.6 Å². The highest BCUT2D eigenvalue weighted by atomic mass is 35.5. The second-order valence-electron chi connectivity index (χ2n) is 7.26. The van der Waals surface area contributed by atoms with E-state index in [1.807, 2.05) is 36.4 Å². The molecule has 2 heterocycles. The lowest BCUT2D eigenvalue weighted by Crippen LogP contribution is -2.22. The number of carbonyl (C=O) groups excluding carboxylic acids is 1. The van der Waals surface area contributed by atoms with Gasteiger partial charge in [0.25, 0.3) is 5.91 Å². The van der Waals surface area contributed by atoms with E-state index in [1.165, 1.54) is 0 Å². The van der Waals surface area contributed by atoms with Gasteiger partial charge in [-0.05, 0) is 54.8 Å². The van der Waals surface area contributed by atoms with Gasteiger partial charge in [0.2, 0.25) is 0 Å². The van der Waals surface area contributed by atoms with Gasteiger partial charge in [0.05, 0.1) is 18.2 Å². The third-order valence-electron chi connectivity index (χ3n) is 5.10. The topological polar surface area (TPSA) is 69.9 Å². The maximum Gasteiger partial charge on any atom is 0.287 e. The molecule has 1 fully saturated rings. The summed E-state index contributed by atoms with van der Waals surface area (Å²) in [5.74, 6) is 1.73. The van der Waals surface area contributed by atoms with Crippen molar-refractivity contribution in [1.82, 2.24) is 5.32 Å². The first-order valence-electron chi connectivity index (χ1n) is 10.2. The number of methoxy groups -OCH3 is 1. The summed E-state index contributed by atoms with van der Waals surface area (Å²) >= 11 is 6.20. The smallest absolute Gasteiger partial charge is 0.287 e. The van der Waals surface area contributed by atoms with Crippen LogP contribution in [0.5, 0.6) is 11.5 Å². The molecule has 1 atom stereocenters. The molecule has 1 aliphatic heterocycles. The van der Waals surface area contributed by atoms with E-state index >= 15 is 0 Å². The zero-order valence-electron chi connectivity index (χ0n) is 17.2. The summed E-state index contributed by atoms with van der Waals surface area (Å²) < 4.78 is 22.6. The van der Waals surface area contributed by atoms with Crippen LogP contribution in [-0.2, 0) is 11.3 Å². The van der Waals surface area contributed by atoms with Crippen molar-refractivity contribution in [2.45, 2.75) is 25.5 Å². The fourth-order valence-electron chi connectivity index (χ4n) is 3.43. The Morgan fingerprint density at radius 1 is 1.16 bits per heavy atom. The highest BCUT2D eigenvalue weighted by Gasteiger charge is 2.18. The molecule has 6 nitrogen and oxygen atoms in total. The second-order valence-corrected chi connectivity index (χ2v) is 7.66. The summed E-state index contributed by atoms with van der Waals surface area (Å²) in [7, 11) is 1.59. The summed E-state index contributed by atoms with van der Waals surface area (Å²) in [4.78, 5) is 12.5. The van der Waals surface area contributed by atoms with Crippen molar-refractivity contribution in [2.75, 3.05) is 20.3 Å². The molecule has 1 aliphatic rings. The third-order valence-corrected chi connectivity index (χ3v) is 5.43. The molecule has 7 heteroatoms. The predicted octanol–water partition coefficient (Wildman–Crippen LogP) is 5.10. The number of hydrogen-bond acceptors (Lipinski definition) is 5. The number of rotatable bonds is 8. The normalized spacial score (nSPS) is 15.6. The Morgan fingerprint density at radius 2 is 2.03 bits per heavy atom. The lowest BCUT2D eigenvalue weighted by molar-refractivity contribution is 0.0669. The van der Waals surface area contributed by atoms with Crippen molar-refractivity contribution in [3.63, 3.8) is 0 Å². The van der Waals surface area contributed by atoms with E-state index in [0.29, 0.717) is 35.4 Å². The van der Waals surface area contributed by atoms with E-state index in [9.17, 15) is 4.79 Å². The Hall–Kier alpha value is -2.96. The average Bonchev–Trinajstić information content (AvgIpc) is 3.49. The summed E-state index contributed by atoms with van der Waals surface area (Å²) in [5.41, 5.74) is 1.62. The molecular weight excluding hydrogens is 418 g/mol. The molecule has 162 valence electrons. The van der Waals surface area contributed by atoms with Crippen molar-refractivity contribution < 1.29 is 23.4 Å². The number of ether oxygens (including phenoxy) is 3. The summed E-state index contributed by atoms with van der Waals surface area (Å²) in [6.45, 7) is 1.61. The Balaban J connectivity index is 1.36. The number of halogens is 1. The van der Waals surface area contributed by atoms with Crippen LogP contribution in [0.2, 0.25) is 5.02 Å². The molecule has 1 aromatic heterocycles. The van der Waals surface area contributed by atoms with Crippen LogP contribution in [0.15, 0.2) is 59.0 Å². The van der Waals surface area contributed by atoms with Crippen molar-refractivity contribution in [2.24, 2.45) is 0 Å². The molecule has 31 heavy (non-hydrogen) atoms. The third kappa shape index (κ3) is 5.21. The molecule has 0 bridgehead atoms. The number of hydrogen-bond donors (Lipinski definition) is 1. The van der Waals surface area contributed by atoms with E-state index in [4.69, 9.17) is 30.2 Å². The molecule has 1 saturated heterocycles. The average molecular weight is 442 g/mol. The number of furan rings is 1. The Morgan fingerprint density at radius 3 is 2.81 bits per heavy atom. The van der Waals surface area contributed by atoms with Crippen molar-refractivity contribution >= 4 is 17.5 Å². The summed E-state index contributed by atoms with van der Waals surface area (Å²) in [6, 6.07) is 16.3. The van der Waals surface area contributed by atoms with E-state index < -0.39 is 0 Å². The van der Waals surface area contributed by atoms with Gasteiger partial charge in [0, 0.05) is 18.7 Å². The van der Waals surface area contributed by atoms with Gasteiger partial charge in [-0.25, -0.2) is 0 Å².